The average Bonchev–Trinajstić information content (AvgIpc) is 3.00. The van der Waals surface area contributed by atoms with Gasteiger partial charge in [-0.1, -0.05) is 41.7 Å². The maximum absolute atomic E-state index is 12.8. The third-order valence-corrected chi connectivity index (χ3v) is 5.25. The molecule has 1 heterocycles. The Bertz CT molecular complexity index is 818. The molecule has 0 saturated heterocycles. The lowest BCUT2D eigenvalue weighted by molar-refractivity contribution is -0.115. The number of aromatic nitrogens is 2. The van der Waals surface area contributed by atoms with Gasteiger partial charge in [0.1, 0.15) is 10.3 Å². The van der Waals surface area contributed by atoms with Crippen molar-refractivity contribution in [3.8, 4) is 0 Å². The van der Waals surface area contributed by atoms with E-state index in [9.17, 15) is 4.79 Å². The predicted molar refractivity (Wildman–Crippen MR) is 99.2 cm³/mol. The van der Waals surface area contributed by atoms with E-state index in [4.69, 9.17) is 5.73 Å². The largest absolute Gasteiger partial charge is 0.399 e. The fourth-order valence-electron chi connectivity index (χ4n) is 2.10. The Kier molecular flexibility index (Phi) is 5.12. The molecule has 3 rings (SSSR count). The van der Waals surface area contributed by atoms with Crippen LogP contribution in [0.2, 0.25) is 0 Å². The van der Waals surface area contributed by atoms with Crippen LogP contribution in [0.25, 0.3) is 0 Å². The van der Waals surface area contributed by atoms with E-state index in [0.717, 1.165) is 15.5 Å². The van der Waals surface area contributed by atoms with Crippen LogP contribution < -0.4 is 11.1 Å². The first-order valence-corrected chi connectivity index (χ1v) is 8.99. The summed E-state index contributed by atoms with van der Waals surface area (Å²) in [5, 5.41) is 11.7. The number of nitrogen functional groups attached to an aromatic ring is 1. The molecule has 1 unspecified atom stereocenters. The van der Waals surface area contributed by atoms with E-state index in [0.29, 0.717) is 10.8 Å². The zero-order chi connectivity index (χ0) is 16.9. The maximum atomic E-state index is 12.8. The summed E-state index contributed by atoms with van der Waals surface area (Å²) in [6.45, 7) is 1.85. The van der Waals surface area contributed by atoms with Gasteiger partial charge in [-0.15, -0.1) is 22.0 Å². The quantitative estimate of drug-likeness (QED) is 0.535. The van der Waals surface area contributed by atoms with Crippen LogP contribution in [0.5, 0.6) is 0 Å². The Morgan fingerprint density at radius 1 is 1.12 bits per heavy atom. The van der Waals surface area contributed by atoms with Gasteiger partial charge in [0.15, 0.2) is 0 Å². The van der Waals surface area contributed by atoms with Crippen LogP contribution in [-0.2, 0) is 4.79 Å². The summed E-state index contributed by atoms with van der Waals surface area (Å²) in [4.78, 5) is 13.7. The number of nitrogens with two attached hydrogens (primary N) is 1. The van der Waals surface area contributed by atoms with Crippen molar-refractivity contribution in [2.24, 2.45) is 0 Å². The third-order valence-electron chi connectivity index (χ3n) is 3.23. The highest BCUT2D eigenvalue weighted by Crippen LogP contribution is 2.36. The molecule has 0 fully saturated rings. The topological polar surface area (TPSA) is 80.9 Å². The molecule has 5 nitrogen and oxygen atoms in total. The summed E-state index contributed by atoms with van der Waals surface area (Å²) in [5.74, 6) is -0.126. The molecule has 122 valence electrons. The lowest BCUT2D eigenvalue weighted by Gasteiger charge is -2.16. The Morgan fingerprint density at radius 3 is 2.46 bits per heavy atom. The van der Waals surface area contributed by atoms with Gasteiger partial charge in [0.05, 0.1) is 0 Å². The second kappa shape index (κ2) is 7.46. The molecular formula is C17H16N4OS2. The predicted octanol–water partition coefficient (Wildman–Crippen LogP) is 3.90. The van der Waals surface area contributed by atoms with Gasteiger partial charge in [0.25, 0.3) is 0 Å². The van der Waals surface area contributed by atoms with E-state index in [1.165, 1.54) is 23.1 Å². The molecule has 0 bridgehead atoms. The van der Waals surface area contributed by atoms with Gasteiger partial charge in [0, 0.05) is 10.6 Å². The minimum atomic E-state index is -0.390. The smallest absolute Gasteiger partial charge is 0.244 e. The van der Waals surface area contributed by atoms with E-state index in [2.05, 4.69) is 15.5 Å². The molecule has 3 aromatic rings. The molecule has 0 aliphatic rings. The summed E-state index contributed by atoms with van der Waals surface area (Å²) < 4.78 is 0. The SMILES string of the molecule is Cc1nnc(NC(=O)C(Sc2ccc(N)cc2)c2ccccc2)s1. The lowest BCUT2D eigenvalue weighted by atomic mass is 10.1. The molecule has 3 N–H and O–H groups in total. The van der Waals surface area contributed by atoms with Crippen molar-refractivity contribution >= 4 is 39.8 Å². The molecular weight excluding hydrogens is 340 g/mol. The highest BCUT2D eigenvalue weighted by molar-refractivity contribution is 8.00. The molecule has 2 aromatic carbocycles. The van der Waals surface area contributed by atoms with Crippen LogP contribution in [0.3, 0.4) is 0 Å². The van der Waals surface area contributed by atoms with Gasteiger partial charge in [-0.25, -0.2) is 0 Å². The summed E-state index contributed by atoms with van der Waals surface area (Å²) in [6, 6.07) is 17.2. The normalized spacial score (nSPS) is 11.9. The first-order chi connectivity index (χ1) is 11.6. The first-order valence-electron chi connectivity index (χ1n) is 7.30. The van der Waals surface area contributed by atoms with E-state index in [-0.39, 0.29) is 11.2 Å². The van der Waals surface area contributed by atoms with Gasteiger partial charge >= 0.3 is 0 Å². The van der Waals surface area contributed by atoms with Crippen molar-refractivity contribution in [1.82, 2.24) is 10.2 Å². The number of hydrogen-bond donors (Lipinski definition) is 2. The van der Waals surface area contributed by atoms with E-state index < -0.39 is 0 Å². The van der Waals surface area contributed by atoms with Crippen molar-refractivity contribution in [2.75, 3.05) is 11.1 Å². The second-order valence-electron chi connectivity index (χ2n) is 5.09. The lowest BCUT2D eigenvalue weighted by Crippen LogP contribution is -2.19. The number of nitrogens with zero attached hydrogens (tertiary/aromatic N) is 2. The molecule has 0 aliphatic carbocycles. The molecule has 0 spiro atoms. The Hall–Kier alpha value is -2.38. The maximum Gasteiger partial charge on any atom is 0.244 e. The minimum absolute atomic E-state index is 0.126. The molecule has 0 saturated carbocycles. The number of benzene rings is 2. The van der Waals surface area contributed by atoms with Crippen LogP contribution in [-0.4, -0.2) is 16.1 Å². The summed E-state index contributed by atoms with van der Waals surface area (Å²) in [6.07, 6.45) is 0. The molecule has 7 heteroatoms. The van der Waals surface area contributed by atoms with E-state index in [1.54, 1.807) is 0 Å². The Balaban J connectivity index is 1.84. The van der Waals surface area contributed by atoms with Crippen molar-refractivity contribution in [3.63, 3.8) is 0 Å². The van der Waals surface area contributed by atoms with Crippen molar-refractivity contribution in [1.29, 1.82) is 0 Å². The van der Waals surface area contributed by atoms with Crippen LogP contribution in [0, 0.1) is 6.92 Å². The standard InChI is InChI=1S/C17H16N4OS2/c1-11-20-21-17(23-11)19-16(22)15(12-5-3-2-4-6-12)24-14-9-7-13(18)8-10-14/h2-10,15H,18H2,1H3,(H,19,21,22). The number of hydrogen-bond acceptors (Lipinski definition) is 6. The molecule has 0 aliphatic heterocycles. The van der Waals surface area contributed by atoms with Gasteiger partial charge in [-0.2, -0.15) is 0 Å². The first kappa shape index (κ1) is 16.5. The Morgan fingerprint density at radius 2 is 1.83 bits per heavy atom. The van der Waals surface area contributed by atoms with Gasteiger partial charge in [-0.3, -0.25) is 10.1 Å². The van der Waals surface area contributed by atoms with Crippen LogP contribution in [0.15, 0.2) is 59.5 Å². The number of amides is 1. The third kappa shape index (κ3) is 4.12. The molecule has 0 radical (unpaired) electrons. The molecule has 24 heavy (non-hydrogen) atoms. The Labute approximate surface area is 148 Å². The number of carbonyl (C=O) groups is 1. The monoisotopic (exact) mass is 356 g/mol. The number of anilines is 2. The highest BCUT2D eigenvalue weighted by Gasteiger charge is 2.23. The second-order valence-corrected chi connectivity index (χ2v) is 7.45. The van der Waals surface area contributed by atoms with Crippen LogP contribution in [0.1, 0.15) is 15.8 Å². The van der Waals surface area contributed by atoms with Crippen molar-refractivity contribution in [3.05, 3.63) is 65.2 Å². The highest BCUT2D eigenvalue weighted by atomic mass is 32.2. The number of rotatable bonds is 5. The molecule has 1 atom stereocenters. The van der Waals surface area contributed by atoms with Gasteiger partial charge in [-0.05, 0) is 36.8 Å². The zero-order valence-corrected chi connectivity index (χ0v) is 14.6. The van der Waals surface area contributed by atoms with E-state index >= 15 is 0 Å². The van der Waals surface area contributed by atoms with E-state index in [1.807, 2.05) is 61.5 Å². The zero-order valence-electron chi connectivity index (χ0n) is 13.0. The molecule has 1 aromatic heterocycles. The van der Waals surface area contributed by atoms with Gasteiger partial charge in [0.2, 0.25) is 11.0 Å². The fraction of sp³-hybridized carbons (Fsp3) is 0.118. The van der Waals surface area contributed by atoms with Gasteiger partial charge < -0.3 is 5.73 Å². The summed E-state index contributed by atoms with van der Waals surface area (Å²) >= 11 is 2.83. The van der Waals surface area contributed by atoms with Crippen molar-refractivity contribution in [2.45, 2.75) is 17.1 Å². The van der Waals surface area contributed by atoms with Crippen LogP contribution >= 0.6 is 23.1 Å². The fourth-order valence-corrected chi connectivity index (χ4v) is 3.72. The minimum Gasteiger partial charge on any atom is -0.399 e. The van der Waals surface area contributed by atoms with Crippen molar-refractivity contribution < 1.29 is 4.79 Å². The summed E-state index contributed by atoms with van der Waals surface area (Å²) in [7, 11) is 0. The number of nitrogens with one attached hydrogen (secondary N) is 1. The van der Waals surface area contributed by atoms with Crippen LogP contribution in [0.4, 0.5) is 10.8 Å². The number of carbonyl (C=O) groups excluding carboxylic acids is 1. The number of thioether (sulfide) groups is 1. The molecule has 1 amide bonds. The average molecular weight is 356 g/mol. The summed E-state index contributed by atoms with van der Waals surface area (Å²) in [5.41, 5.74) is 7.36. The number of aryl methyl sites for hydroxylation is 1.